The van der Waals surface area contributed by atoms with E-state index < -0.39 is 0 Å². The van der Waals surface area contributed by atoms with E-state index in [4.69, 9.17) is 4.74 Å². The second-order valence-corrected chi connectivity index (χ2v) is 3.94. The largest absolute Gasteiger partial charge is 0.467 e. The summed E-state index contributed by atoms with van der Waals surface area (Å²) in [6, 6.07) is 0. The highest BCUT2D eigenvalue weighted by Gasteiger charge is 2.50. The highest BCUT2D eigenvalue weighted by Crippen LogP contribution is 2.38. The number of methoxy groups -OCH3 is 1. The molecule has 0 N–H and O–H groups in total. The molecule has 0 aromatic rings. The van der Waals surface area contributed by atoms with Crippen LogP contribution in [-0.2, 0) is 14.3 Å². The van der Waals surface area contributed by atoms with Crippen molar-refractivity contribution in [2.45, 2.75) is 44.3 Å². The quantitative estimate of drug-likeness (QED) is 0.482. The summed E-state index contributed by atoms with van der Waals surface area (Å²) < 4.78 is 9.97. The van der Waals surface area contributed by atoms with Crippen molar-refractivity contribution in [3.05, 3.63) is 0 Å². The van der Waals surface area contributed by atoms with Gasteiger partial charge < -0.3 is 9.47 Å². The van der Waals surface area contributed by atoms with E-state index in [1.807, 2.05) is 0 Å². The maximum Gasteiger partial charge on any atom is 0.337 e. The van der Waals surface area contributed by atoms with Crippen LogP contribution in [0.5, 0.6) is 0 Å². The maximum absolute atomic E-state index is 11.1. The molecular formula is C10H16O3. The lowest BCUT2D eigenvalue weighted by Crippen LogP contribution is -2.19. The Morgan fingerprint density at radius 1 is 1.31 bits per heavy atom. The van der Waals surface area contributed by atoms with Crippen LogP contribution < -0.4 is 0 Å². The fraction of sp³-hybridized carbons (Fsp3) is 0.900. The van der Waals surface area contributed by atoms with E-state index >= 15 is 0 Å². The van der Waals surface area contributed by atoms with Crippen LogP contribution in [0.1, 0.15) is 32.1 Å². The van der Waals surface area contributed by atoms with Crippen LogP contribution in [0.25, 0.3) is 0 Å². The molecule has 3 heteroatoms. The van der Waals surface area contributed by atoms with Crippen LogP contribution >= 0.6 is 0 Å². The average Bonchev–Trinajstić information content (AvgIpc) is 2.98. The van der Waals surface area contributed by atoms with Crippen molar-refractivity contribution in [3.8, 4) is 0 Å². The number of hydrogen-bond acceptors (Lipinski definition) is 3. The third-order valence-electron chi connectivity index (χ3n) is 3.07. The predicted octanol–water partition coefficient (Wildman–Crippen LogP) is 1.51. The van der Waals surface area contributed by atoms with Crippen molar-refractivity contribution in [1.82, 2.24) is 0 Å². The Morgan fingerprint density at radius 2 is 2.00 bits per heavy atom. The Balaban J connectivity index is 1.81. The van der Waals surface area contributed by atoms with Gasteiger partial charge in [0.2, 0.25) is 0 Å². The van der Waals surface area contributed by atoms with Crippen molar-refractivity contribution >= 4 is 5.97 Å². The maximum atomic E-state index is 11.1. The van der Waals surface area contributed by atoms with Gasteiger partial charge in [-0.25, -0.2) is 4.79 Å². The monoisotopic (exact) mass is 184 g/mol. The summed E-state index contributed by atoms with van der Waals surface area (Å²) in [5.74, 6) is 0.411. The molecule has 0 aromatic carbocycles. The lowest BCUT2D eigenvalue weighted by atomic mass is 9.86. The molecule has 0 radical (unpaired) electrons. The SMILES string of the molecule is COC(=O)C1OC1C1CCCCC1. The fourth-order valence-electron chi connectivity index (χ4n) is 2.25. The highest BCUT2D eigenvalue weighted by atomic mass is 16.6. The van der Waals surface area contributed by atoms with Gasteiger partial charge in [-0.1, -0.05) is 19.3 Å². The van der Waals surface area contributed by atoms with Gasteiger partial charge in [-0.3, -0.25) is 0 Å². The number of epoxide rings is 1. The molecule has 1 saturated carbocycles. The third-order valence-corrected chi connectivity index (χ3v) is 3.07. The molecule has 1 saturated heterocycles. The molecule has 0 bridgehead atoms. The zero-order chi connectivity index (χ0) is 9.26. The zero-order valence-corrected chi connectivity index (χ0v) is 7.99. The first-order valence-corrected chi connectivity index (χ1v) is 5.06. The Hall–Kier alpha value is -0.570. The molecule has 1 heterocycles. The molecule has 1 aliphatic heterocycles. The molecule has 0 spiro atoms. The van der Waals surface area contributed by atoms with Gasteiger partial charge in [0.05, 0.1) is 13.2 Å². The standard InChI is InChI=1S/C10H16O3/c1-12-10(11)9-8(13-9)7-5-3-2-4-6-7/h7-9H,2-6H2,1H3. The first kappa shape index (κ1) is 9.00. The van der Waals surface area contributed by atoms with Crippen LogP contribution in [0.15, 0.2) is 0 Å². The average molecular weight is 184 g/mol. The summed E-state index contributed by atoms with van der Waals surface area (Å²) in [5, 5.41) is 0. The minimum atomic E-state index is -0.243. The molecule has 0 amide bonds. The van der Waals surface area contributed by atoms with Crippen molar-refractivity contribution in [2.24, 2.45) is 5.92 Å². The first-order chi connectivity index (χ1) is 6.33. The van der Waals surface area contributed by atoms with E-state index in [0.717, 1.165) is 0 Å². The summed E-state index contributed by atoms with van der Waals surface area (Å²) >= 11 is 0. The van der Waals surface area contributed by atoms with Crippen molar-refractivity contribution in [3.63, 3.8) is 0 Å². The first-order valence-electron chi connectivity index (χ1n) is 5.06. The molecule has 2 unspecified atom stereocenters. The molecule has 13 heavy (non-hydrogen) atoms. The van der Waals surface area contributed by atoms with E-state index in [2.05, 4.69) is 4.74 Å². The smallest absolute Gasteiger partial charge is 0.337 e. The Labute approximate surface area is 78.4 Å². The van der Waals surface area contributed by atoms with Gasteiger partial charge >= 0.3 is 5.97 Å². The normalized spacial score (nSPS) is 34.2. The summed E-state index contributed by atoms with van der Waals surface area (Å²) in [7, 11) is 1.42. The van der Waals surface area contributed by atoms with E-state index in [-0.39, 0.29) is 18.2 Å². The molecule has 2 aliphatic rings. The molecule has 2 atom stereocenters. The van der Waals surface area contributed by atoms with E-state index in [9.17, 15) is 4.79 Å². The van der Waals surface area contributed by atoms with Crippen LogP contribution in [0, 0.1) is 5.92 Å². The number of ether oxygens (including phenoxy) is 2. The van der Waals surface area contributed by atoms with Crippen molar-refractivity contribution < 1.29 is 14.3 Å². The fourth-order valence-corrected chi connectivity index (χ4v) is 2.25. The molecule has 1 aliphatic carbocycles. The lowest BCUT2D eigenvalue weighted by Gasteiger charge is -2.19. The van der Waals surface area contributed by atoms with Gasteiger partial charge in [0.1, 0.15) is 0 Å². The minimum absolute atomic E-state index is 0.174. The van der Waals surface area contributed by atoms with E-state index in [0.29, 0.717) is 5.92 Å². The van der Waals surface area contributed by atoms with Gasteiger partial charge in [-0.05, 0) is 18.8 Å². The van der Waals surface area contributed by atoms with Crippen molar-refractivity contribution in [2.75, 3.05) is 7.11 Å². The van der Waals surface area contributed by atoms with Crippen LogP contribution in [0.4, 0.5) is 0 Å². The molecule has 2 fully saturated rings. The van der Waals surface area contributed by atoms with Gasteiger partial charge in [0.15, 0.2) is 6.10 Å². The molecular weight excluding hydrogens is 168 g/mol. The van der Waals surface area contributed by atoms with Crippen LogP contribution in [-0.4, -0.2) is 25.3 Å². The minimum Gasteiger partial charge on any atom is -0.467 e. The Morgan fingerprint density at radius 3 is 2.62 bits per heavy atom. The summed E-state index contributed by atoms with van der Waals surface area (Å²) in [6.07, 6.45) is 6.29. The molecule has 2 rings (SSSR count). The lowest BCUT2D eigenvalue weighted by molar-refractivity contribution is -0.142. The predicted molar refractivity (Wildman–Crippen MR) is 47.3 cm³/mol. The summed E-state index contributed by atoms with van der Waals surface area (Å²) in [4.78, 5) is 11.1. The third kappa shape index (κ3) is 1.85. The highest BCUT2D eigenvalue weighted by molar-refractivity contribution is 5.77. The molecule has 0 aromatic heterocycles. The van der Waals surface area contributed by atoms with Gasteiger partial charge in [0, 0.05) is 0 Å². The van der Waals surface area contributed by atoms with Gasteiger partial charge in [0.25, 0.3) is 0 Å². The molecule has 74 valence electrons. The van der Waals surface area contributed by atoms with Gasteiger partial charge in [-0.2, -0.15) is 0 Å². The van der Waals surface area contributed by atoms with Gasteiger partial charge in [-0.15, -0.1) is 0 Å². The van der Waals surface area contributed by atoms with Crippen LogP contribution in [0.3, 0.4) is 0 Å². The summed E-state index contributed by atoms with van der Waals surface area (Å²) in [5.41, 5.74) is 0. The van der Waals surface area contributed by atoms with E-state index in [1.165, 1.54) is 39.2 Å². The zero-order valence-electron chi connectivity index (χ0n) is 7.99. The topological polar surface area (TPSA) is 38.8 Å². The number of rotatable bonds is 2. The number of hydrogen-bond donors (Lipinski definition) is 0. The number of esters is 1. The Kier molecular flexibility index (Phi) is 2.54. The summed E-state index contributed by atoms with van der Waals surface area (Å²) in [6.45, 7) is 0. The number of carbonyl (C=O) groups is 1. The second kappa shape index (κ2) is 3.66. The number of carbonyl (C=O) groups excluding carboxylic acids is 1. The second-order valence-electron chi connectivity index (χ2n) is 3.94. The van der Waals surface area contributed by atoms with Crippen LogP contribution in [0.2, 0.25) is 0 Å². The van der Waals surface area contributed by atoms with E-state index in [1.54, 1.807) is 0 Å². The molecule has 3 nitrogen and oxygen atoms in total. The van der Waals surface area contributed by atoms with Crippen molar-refractivity contribution in [1.29, 1.82) is 0 Å². The Bertz CT molecular complexity index is 196.